The van der Waals surface area contributed by atoms with Crippen LogP contribution < -0.4 is 10.6 Å². The lowest BCUT2D eigenvalue weighted by Crippen LogP contribution is -2.44. The summed E-state index contributed by atoms with van der Waals surface area (Å²) in [6, 6.07) is 0. The largest absolute Gasteiger partial charge is 0.386 e. The minimum atomic E-state index is -0.856. The molecule has 0 aromatic rings. The van der Waals surface area contributed by atoms with Gasteiger partial charge in [0.2, 0.25) is 5.91 Å². The summed E-state index contributed by atoms with van der Waals surface area (Å²) in [4.78, 5) is 11.9. The first-order valence-electron chi connectivity index (χ1n) is 7.37. The van der Waals surface area contributed by atoms with E-state index in [1.54, 1.807) is 0 Å². The molecule has 2 aliphatic heterocycles. The van der Waals surface area contributed by atoms with Crippen molar-refractivity contribution in [2.75, 3.05) is 32.8 Å². The fraction of sp³-hybridized carbons (Fsp3) is 0.929. The molecule has 5 heteroatoms. The zero-order valence-corrected chi connectivity index (χ0v) is 11.8. The van der Waals surface area contributed by atoms with Gasteiger partial charge in [0.05, 0.1) is 6.61 Å². The van der Waals surface area contributed by atoms with E-state index in [0.717, 1.165) is 13.1 Å². The number of hydrogen-bond donors (Lipinski definition) is 3. The first-order valence-corrected chi connectivity index (χ1v) is 7.37. The molecule has 0 radical (unpaired) electrons. The molecule has 2 heterocycles. The van der Waals surface area contributed by atoms with E-state index in [1.807, 2.05) is 0 Å². The van der Waals surface area contributed by atoms with E-state index in [4.69, 9.17) is 4.74 Å². The highest BCUT2D eigenvalue weighted by Crippen LogP contribution is 2.22. The number of aliphatic hydroxyl groups is 1. The Bertz CT molecular complexity index is 297. The lowest BCUT2D eigenvalue weighted by Gasteiger charge is -2.28. The zero-order chi connectivity index (χ0) is 13.7. The predicted molar refractivity (Wildman–Crippen MR) is 72.8 cm³/mol. The minimum absolute atomic E-state index is 0.0402. The van der Waals surface area contributed by atoms with Gasteiger partial charge in [-0.2, -0.15) is 0 Å². The highest BCUT2D eigenvalue weighted by Gasteiger charge is 2.32. The molecule has 110 valence electrons. The van der Waals surface area contributed by atoms with Gasteiger partial charge in [-0.25, -0.2) is 0 Å². The highest BCUT2D eigenvalue weighted by atomic mass is 16.5. The molecule has 1 amide bonds. The normalized spacial score (nSPS) is 33.1. The van der Waals surface area contributed by atoms with E-state index in [2.05, 4.69) is 17.6 Å². The maximum atomic E-state index is 11.9. The quantitative estimate of drug-likeness (QED) is 0.671. The molecule has 2 fully saturated rings. The van der Waals surface area contributed by atoms with Gasteiger partial charge in [0.25, 0.3) is 0 Å². The van der Waals surface area contributed by atoms with Crippen LogP contribution in [-0.2, 0) is 9.53 Å². The van der Waals surface area contributed by atoms with Crippen LogP contribution in [-0.4, -0.2) is 49.5 Å². The van der Waals surface area contributed by atoms with Crippen LogP contribution in [0.5, 0.6) is 0 Å². The van der Waals surface area contributed by atoms with Crippen LogP contribution in [0, 0.1) is 11.8 Å². The van der Waals surface area contributed by atoms with Crippen molar-refractivity contribution in [1.82, 2.24) is 10.6 Å². The number of amides is 1. The Morgan fingerprint density at radius 3 is 3.11 bits per heavy atom. The number of carbonyl (C=O) groups excluding carboxylic acids is 1. The van der Waals surface area contributed by atoms with Crippen molar-refractivity contribution in [1.29, 1.82) is 0 Å². The molecule has 3 N–H and O–H groups in total. The molecule has 0 spiro atoms. The highest BCUT2D eigenvalue weighted by molar-refractivity contribution is 5.76. The molecule has 19 heavy (non-hydrogen) atoms. The molecule has 2 aliphatic rings. The van der Waals surface area contributed by atoms with Gasteiger partial charge < -0.3 is 20.5 Å². The topological polar surface area (TPSA) is 70.6 Å². The van der Waals surface area contributed by atoms with Crippen molar-refractivity contribution in [2.24, 2.45) is 11.8 Å². The SMILES string of the molecule is CC(CC(=O)NCC1(O)CCOC1)C1CCCNC1. The summed E-state index contributed by atoms with van der Waals surface area (Å²) >= 11 is 0. The van der Waals surface area contributed by atoms with Crippen molar-refractivity contribution < 1.29 is 14.6 Å². The second kappa shape index (κ2) is 6.68. The van der Waals surface area contributed by atoms with Gasteiger partial charge in [0, 0.05) is 26.0 Å². The van der Waals surface area contributed by atoms with E-state index in [0.29, 0.717) is 44.4 Å². The van der Waals surface area contributed by atoms with Crippen molar-refractivity contribution in [3.05, 3.63) is 0 Å². The average molecular weight is 270 g/mol. The van der Waals surface area contributed by atoms with Crippen LogP contribution in [0.4, 0.5) is 0 Å². The van der Waals surface area contributed by atoms with Gasteiger partial charge in [-0.15, -0.1) is 0 Å². The maximum Gasteiger partial charge on any atom is 0.220 e. The third kappa shape index (κ3) is 4.44. The number of hydrogen-bond acceptors (Lipinski definition) is 4. The summed E-state index contributed by atoms with van der Waals surface area (Å²) < 4.78 is 5.16. The Hall–Kier alpha value is -0.650. The fourth-order valence-corrected chi connectivity index (χ4v) is 2.89. The Morgan fingerprint density at radius 1 is 1.63 bits per heavy atom. The van der Waals surface area contributed by atoms with Gasteiger partial charge in [0.1, 0.15) is 5.60 Å². The van der Waals surface area contributed by atoms with Crippen LogP contribution in [0.3, 0.4) is 0 Å². The summed E-state index contributed by atoms with van der Waals surface area (Å²) in [6.07, 6.45) is 3.56. The first-order chi connectivity index (χ1) is 9.09. The lowest BCUT2D eigenvalue weighted by atomic mass is 9.85. The van der Waals surface area contributed by atoms with Gasteiger partial charge in [-0.3, -0.25) is 4.79 Å². The van der Waals surface area contributed by atoms with Crippen molar-refractivity contribution >= 4 is 5.91 Å². The Kier molecular flexibility index (Phi) is 5.19. The van der Waals surface area contributed by atoms with E-state index in [9.17, 15) is 9.90 Å². The zero-order valence-electron chi connectivity index (χ0n) is 11.8. The summed E-state index contributed by atoms with van der Waals surface area (Å²) in [7, 11) is 0. The molecule has 5 nitrogen and oxygen atoms in total. The summed E-state index contributed by atoms with van der Waals surface area (Å²) in [5.41, 5.74) is -0.856. The van der Waals surface area contributed by atoms with Crippen LogP contribution in [0.25, 0.3) is 0 Å². The van der Waals surface area contributed by atoms with Crippen LogP contribution >= 0.6 is 0 Å². The number of piperidine rings is 1. The molecule has 0 aromatic heterocycles. The number of nitrogens with one attached hydrogen (secondary N) is 2. The molecule has 0 aromatic carbocycles. The van der Waals surface area contributed by atoms with Crippen LogP contribution in [0.1, 0.15) is 32.6 Å². The lowest BCUT2D eigenvalue weighted by molar-refractivity contribution is -0.123. The molecule has 0 bridgehead atoms. The monoisotopic (exact) mass is 270 g/mol. The number of rotatable bonds is 5. The minimum Gasteiger partial charge on any atom is -0.386 e. The fourth-order valence-electron chi connectivity index (χ4n) is 2.89. The van der Waals surface area contributed by atoms with E-state index >= 15 is 0 Å². The summed E-state index contributed by atoms with van der Waals surface area (Å²) in [5.74, 6) is 1.03. The average Bonchev–Trinajstić information content (AvgIpc) is 2.85. The van der Waals surface area contributed by atoms with Crippen molar-refractivity contribution in [2.45, 2.75) is 38.2 Å². The van der Waals surface area contributed by atoms with E-state index < -0.39 is 5.60 Å². The van der Waals surface area contributed by atoms with Crippen molar-refractivity contribution in [3.63, 3.8) is 0 Å². The molecule has 3 atom stereocenters. The van der Waals surface area contributed by atoms with Gasteiger partial charge >= 0.3 is 0 Å². The molecular formula is C14H26N2O3. The molecule has 0 aliphatic carbocycles. The maximum absolute atomic E-state index is 11.9. The van der Waals surface area contributed by atoms with Crippen LogP contribution in [0.2, 0.25) is 0 Å². The van der Waals surface area contributed by atoms with Crippen LogP contribution in [0.15, 0.2) is 0 Å². The van der Waals surface area contributed by atoms with E-state index in [1.165, 1.54) is 12.8 Å². The number of ether oxygens (including phenoxy) is 1. The standard InChI is InChI=1S/C14H26N2O3/c1-11(12-3-2-5-15-8-12)7-13(17)16-9-14(18)4-6-19-10-14/h11-12,15,18H,2-10H2,1H3,(H,16,17). The Morgan fingerprint density at radius 2 is 2.47 bits per heavy atom. The summed E-state index contributed by atoms with van der Waals surface area (Å²) in [5, 5.41) is 16.3. The predicted octanol–water partition coefficient (Wildman–Crippen LogP) is 0.280. The first kappa shape index (κ1) is 14.8. The molecular weight excluding hydrogens is 244 g/mol. The molecule has 0 saturated carbocycles. The molecule has 3 unspecified atom stereocenters. The summed E-state index contributed by atoms with van der Waals surface area (Å²) in [6.45, 7) is 5.48. The van der Waals surface area contributed by atoms with E-state index in [-0.39, 0.29) is 5.91 Å². The Balaban J connectivity index is 1.68. The van der Waals surface area contributed by atoms with Gasteiger partial charge in [-0.05, 0) is 37.8 Å². The third-order valence-electron chi connectivity index (χ3n) is 4.34. The van der Waals surface area contributed by atoms with Gasteiger partial charge in [0.15, 0.2) is 0 Å². The Labute approximate surface area is 115 Å². The smallest absolute Gasteiger partial charge is 0.220 e. The van der Waals surface area contributed by atoms with Gasteiger partial charge in [-0.1, -0.05) is 6.92 Å². The van der Waals surface area contributed by atoms with Crippen molar-refractivity contribution in [3.8, 4) is 0 Å². The second-order valence-corrected chi connectivity index (χ2v) is 6.09. The number of carbonyl (C=O) groups is 1. The molecule has 2 rings (SSSR count). The molecule has 2 saturated heterocycles. The second-order valence-electron chi connectivity index (χ2n) is 6.09. The third-order valence-corrected chi connectivity index (χ3v) is 4.34.